The summed E-state index contributed by atoms with van der Waals surface area (Å²) >= 11 is 0. The van der Waals surface area contributed by atoms with Gasteiger partial charge >= 0.3 is 12.1 Å². The third kappa shape index (κ3) is 9.41. The summed E-state index contributed by atoms with van der Waals surface area (Å²) in [6.07, 6.45) is 17.1. The fraction of sp³-hybridized carbons (Fsp3) is 0.517. The fourth-order valence-corrected chi connectivity index (χ4v) is 14.4. The third-order valence-corrected chi connectivity index (χ3v) is 18.6. The first-order valence-corrected chi connectivity index (χ1v) is 28.4. The minimum Gasteiger partial charge on any atom is -0.508 e. The van der Waals surface area contributed by atoms with Crippen LogP contribution in [0.15, 0.2) is 42.5 Å². The lowest BCUT2D eigenvalue weighted by atomic mass is 9.83. The van der Waals surface area contributed by atoms with E-state index in [0.717, 1.165) is 106 Å². The number of imide groups is 1. The number of piperidine rings is 3. The van der Waals surface area contributed by atoms with Crippen LogP contribution in [0.3, 0.4) is 0 Å². The van der Waals surface area contributed by atoms with Gasteiger partial charge in [-0.05, 0) is 144 Å². The topological polar surface area (TPSA) is 181 Å². The SMILES string of the molecule is C#Cc1c(F)ccc2cc(O)cc(-c3nc4c5c(nc(OC[C@@]67CCCN6[C@H](COC(=O)N6CCC(CC8CCN(c9ccc%10c(C%11CCC(=O)NC%11=O)nn(C)c%10c9)CC8)CC6)CC7)nc5c3F)N3CCCOC[C@@H]3CC4)c12. The fourth-order valence-electron chi connectivity index (χ4n) is 14.4. The molecule has 0 bridgehead atoms. The molecular weight excluding hydrogens is 1010 g/mol. The first-order chi connectivity index (χ1) is 38.4. The number of carbonyl (C=O) groups is 3. The van der Waals surface area contributed by atoms with Crippen LogP contribution in [0.2, 0.25) is 0 Å². The molecule has 4 atom stereocenters. The standard InChI is InChI=1S/C60H66F2N10O7/c1-3-42-46(61)11-6-37-29-41(73)31-45(50(37)42)54-52(62)55-51-47(63-54)12-8-39-32-77-27-5-21-71(39)56(51)66-58(65-55)79-34-60-19-4-22-72(60)40(14-20-60)33-78-59(76)70-25-17-36(18-26-70)28-35-15-23-69(24-16-35)38-7-9-43-48(30-38)68(2)67-53(43)44-10-13-49(74)64-57(44)75/h1,6-7,9,11,29-31,35-36,39-40,44,73H,4-5,8,10,12-28,32-34H2,2H3,(H,64,74,75)/t39-,40-,44?,60-/m0/s1. The molecule has 79 heavy (non-hydrogen) atoms. The van der Waals surface area contributed by atoms with E-state index in [1.54, 1.807) is 0 Å². The Morgan fingerprint density at radius 2 is 1.73 bits per heavy atom. The molecule has 17 nitrogen and oxygen atoms in total. The Labute approximate surface area is 456 Å². The van der Waals surface area contributed by atoms with Crippen molar-refractivity contribution in [3.63, 3.8) is 0 Å². The van der Waals surface area contributed by atoms with Gasteiger partial charge in [0, 0.05) is 80.9 Å². The number of hydrogen-bond donors (Lipinski definition) is 2. The highest BCUT2D eigenvalue weighted by Gasteiger charge is 2.50. The minimum atomic E-state index is -0.747. The summed E-state index contributed by atoms with van der Waals surface area (Å²) in [5, 5.41) is 20.2. The van der Waals surface area contributed by atoms with Crippen molar-refractivity contribution in [2.45, 2.75) is 113 Å². The maximum atomic E-state index is 17.5. The van der Waals surface area contributed by atoms with E-state index >= 15 is 8.78 Å². The zero-order chi connectivity index (χ0) is 54.1. The van der Waals surface area contributed by atoms with E-state index in [4.69, 9.17) is 40.7 Å². The highest BCUT2D eigenvalue weighted by Crippen LogP contribution is 2.45. The van der Waals surface area contributed by atoms with Gasteiger partial charge in [-0.2, -0.15) is 15.1 Å². The number of anilines is 2. The monoisotopic (exact) mass is 1080 g/mol. The number of rotatable bonds is 10. The van der Waals surface area contributed by atoms with E-state index in [1.807, 2.05) is 16.6 Å². The number of pyridine rings is 1. The molecule has 7 aliphatic rings. The highest BCUT2D eigenvalue weighted by molar-refractivity contribution is 6.04. The summed E-state index contributed by atoms with van der Waals surface area (Å²) in [6, 6.07) is 12.0. The molecule has 0 radical (unpaired) electrons. The van der Waals surface area contributed by atoms with Crippen LogP contribution < -0.4 is 19.9 Å². The van der Waals surface area contributed by atoms with Gasteiger partial charge in [0.05, 0.1) is 52.0 Å². The predicted octanol–water partition coefficient (Wildman–Crippen LogP) is 8.29. The number of phenols is 1. The minimum absolute atomic E-state index is 0.0309. The van der Waals surface area contributed by atoms with Crippen LogP contribution in [0, 0.1) is 35.8 Å². The van der Waals surface area contributed by atoms with Crippen LogP contribution in [-0.4, -0.2) is 141 Å². The van der Waals surface area contributed by atoms with Crippen LogP contribution in [0.1, 0.15) is 106 Å². The Kier molecular flexibility index (Phi) is 13.5. The first-order valence-electron chi connectivity index (χ1n) is 28.4. The lowest BCUT2D eigenvalue weighted by molar-refractivity contribution is -0.134. The molecular formula is C60H66F2N10O7. The van der Waals surface area contributed by atoms with E-state index < -0.39 is 17.6 Å². The lowest BCUT2D eigenvalue weighted by Gasteiger charge is -2.37. The Balaban J connectivity index is 0.639. The number of aryl methyl sites for hydroxylation is 2. The number of aromatic nitrogens is 5. The Morgan fingerprint density at radius 3 is 2.54 bits per heavy atom. The molecule has 19 heteroatoms. The molecule has 6 aromatic rings. The number of fused-ring (bicyclic) bond motifs is 5. The van der Waals surface area contributed by atoms with Crippen molar-refractivity contribution in [3.8, 4) is 35.4 Å². The molecule has 3 aromatic carbocycles. The van der Waals surface area contributed by atoms with Gasteiger partial charge in [-0.15, -0.1) is 6.42 Å². The quantitative estimate of drug-likeness (QED) is 0.0988. The van der Waals surface area contributed by atoms with Crippen molar-refractivity contribution < 1.29 is 42.5 Å². The number of halogens is 2. The second kappa shape index (κ2) is 20.8. The molecule has 0 saturated carbocycles. The molecule has 0 spiro atoms. The average molecular weight is 1080 g/mol. The van der Waals surface area contributed by atoms with E-state index in [1.165, 1.54) is 24.3 Å². The van der Waals surface area contributed by atoms with Crippen molar-refractivity contribution in [1.82, 2.24) is 39.8 Å². The van der Waals surface area contributed by atoms with E-state index in [2.05, 4.69) is 44.1 Å². The van der Waals surface area contributed by atoms with Crippen molar-refractivity contribution >= 4 is 62.0 Å². The number of amides is 3. The predicted molar refractivity (Wildman–Crippen MR) is 293 cm³/mol. The van der Waals surface area contributed by atoms with Gasteiger partial charge in [-0.25, -0.2) is 18.6 Å². The summed E-state index contributed by atoms with van der Waals surface area (Å²) in [6.45, 7) is 6.44. The van der Waals surface area contributed by atoms with Crippen molar-refractivity contribution in [2.24, 2.45) is 18.9 Å². The van der Waals surface area contributed by atoms with E-state index in [9.17, 15) is 19.5 Å². The number of phenolic OH excluding ortho intramolecular Hbond substituents is 1. The Hall–Kier alpha value is -7.17. The zero-order valence-electron chi connectivity index (χ0n) is 44.7. The van der Waals surface area contributed by atoms with Gasteiger partial charge in [0.15, 0.2) is 5.82 Å². The number of hydrogen-bond acceptors (Lipinski definition) is 14. The molecule has 0 aliphatic carbocycles. The van der Waals surface area contributed by atoms with Crippen LogP contribution >= 0.6 is 0 Å². The van der Waals surface area contributed by atoms with Crippen LogP contribution in [0.5, 0.6) is 11.8 Å². The number of nitrogens with zero attached hydrogens (tertiary/aromatic N) is 9. The number of aromatic hydroxyl groups is 1. The lowest BCUT2D eigenvalue weighted by Crippen LogP contribution is -2.48. The van der Waals surface area contributed by atoms with Crippen LogP contribution in [0.4, 0.5) is 25.1 Å². The zero-order valence-corrected chi connectivity index (χ0v) is 44.7. The Bertz CT molecular complexity index is 3460. The van der Waals surface area contributed by atoms with Gasteiger partial charge in [0.25, 0.3) is 0 Å². The molecule has 7 aliphatic heterocycles. The van der Waals surface area contributed by atoms with Crippen molar-refractivity contribution in [3.05, 3.63) is 71.1 Å². The molecule has 1 unspecified atom stereocenters. The largest absolute Gasteiger partial charge is 0.508 e. The summed E-state index contributed by atoms with van der Waals surface area (Å²) in [5.74, 6) is 1.72. The first kappa shape index (κ1) is 51.3. The highest BCUT2D eigenvalue weighted by atomic mass is 19.1. The second-order valence-electron chi connectivity index (χ2n) is 23.1. The molecule has 3 aromatic heterocycles. The van der Waals surface area contributed by atoms with Crippen molar-refractivity contribution in [2.75, 3.05) is 75.5 Å². The van der Waals surface area contributed by atoms with Crippen molar-refractivity contribution in [1.29, 1.82) is 0 Å². The number of nitrogens with one attached hydrogen (secondary N) is 1. The molecule has 2 N–H and O–H groups in total. The van der Waals surface area contributed by atoms with E-state index in [-0.39, 0.29) is 81.6 Å². The molecule has 6 saturated heterocycles. The number of ether oxygens (including phenoxy) is 3. The number of terminal acetylenes is 1. The van der Waals surface area contributed by atoms with Crippen LogP contribution in [-0.2, 0) is 32.5 Å². The summed E-state index contributed by atoms with van der Waals surface area (Å²) in [7, 11) is 1.91. The van der Waals surface area contributed by atoms with Gasteiger partial charge in [-0.1, -0.05) is 12.0 Å². The molecule has 6 fully saturated rings. The summed E-state index contributed by atoms with van der Waals surface area (Å²) in [4.78, 5) is 61.8. The van der Waals surface area contributed by atoms with Gasteiger partial charge in [-0.3, -0.25) is 24.5 Å². The van der Waals surface area contributed by atoms with Gasteiger partial charge in [0.1, 0.15) is 41.8 Å². The number of likely N-dealkylation sites (tertiary alicyclic amines) is 1. The maximum Gasteiger partial charge on any atom is 0.409 e. The number of carbonyl (C=O) groups excluding carboxylic acids is 3. The van der Waals surface area contributed by atoms with Gasteiger partial charge in [0.2, 0.25) is 11.8 Å². The number of benzene rings is 3. The normalized spacial score (nSPS) is 24.1. The molecule has 3 amide bonds. The molecule has 13 rings (SSSR count). The van der Waals surface area contributed by atoms with Gasteiger partial charge < -0.3 is 34.0 Å². The smallest absolute Gasteiger partial charge is 0.409 e. The Morgan fingerprint density at radius 1 is 0.911 bits per heavy atom. The second-order valence-corrected chi connectivity index (χ2v) is 23.1. The van der Waals surface area contributed by atoms with E-state index in [0.29, 0.717) is 99.3 Å². The van der Waals surface area contributed by atoms with Crippen LogP contribution in [0.25, 0.3) is 43.8 Å². The molecule has 412 valence electrons. The summed E-state index contributed by atoms with van der Waals surface area (Å²) in [5.41, 5.74) is 3.17. The average Bonchev–Trinajstić information content (AvgIpc) is 4.25. The third-order valence-electron chi connectivity index (χ3n) is 18.6. The maximum absolute atomic E-state index is 17.5. The summed E-state index contributed by atoms with van der Waals surface area (Å²) < 4.78 is 53.4. The molecule has 10 heterocycles.